The fraction of sp³-hybridized carbons (Fsp3) is 0.235. The quantitative estimate of drug-likeness (QED) is 0.917. The lowest BCUT2D eigenvalue weighted by molar-refractivity contribution is -0.124. The fourth-order valence-electron chi connectivity index (χ4n) is 2.27. The number of hydrogen-bond acceptors (Lipinski definition) is 3. The van der Waals surface area contributed by atoms with Gasteiger partial charge in [-0.3, -0.25) is 4.79 Å². The van der Waals surface area contributed by atoms with Gasteiger partial charge in [0, 0.05) is 12.3 Å². The molecular formula is C17H16ClNO3. The molecule has 1 saturated heterocycles. The van der Waals surface area contributed by atoms with Gasteiger partial charge in [-0.2, -0.15) is 0 Å². The van der Waals surface area contributed by atoms with Crippen molar-refractivity contribution in [3.05, 3.63) is 53.6 Å². The summed E-state index contributed by atoms with van der Waals surface area (Å²) in [7, 11) is 0. The third-order valence-electron chi connectivity index (χ3n) is 3.41. The molecule has 22 heavy (non-hydrogen) atoms. The standard InChI is InChI=1S/C17H16ClNO3/c18-14-4-1-2-5-15(14)22-13-9-7-12(8-10-13)19-17(20)16-6-3-11-21-16/h1-2,4-5,7-10,16H,3,6,11H2,(H,19,20)/t16-/m0/s1. The second kappa shape index (κ2) is 6.81. The Morgan fingerprint density at radius 1 is 1.18 bits per heavy atom. The Kier molecular flexibility index (Phi) is 4.61. The predicted octanol–water partition coefficient (Wildman–Crippen LogP) is 4.25. The van der Waals surface area contributed by atoms with Crippen molar-refractivity contribution in [3.63, 3.8) is 0 Å². The van der Waals surface area contributed by atoms with E-state index in [-0.39, 0.29) is 12.0 Å². The third kappa shape index (κ3) is 3.59. The molecule has 1 N–H and O–H groups in total. The molecular weight excluding hydrogens is 302 g/mol. The van der Waals surface area contributed by atoms with Gasteiger partial charge >= 0.3 is 0 Å². The van der Waals surface area contributed by atoms with Crippen molar-refractivity contribution in [2.24, 2.45) is 0 Å². The number of nitrogens with one attached hydrogen (secondary N) is 1. The summed E-state index contributed by atoms with van der Waals surface area (Å²) < 4.78 is 11.1. The maximum absolute atomic E-state index is 12.0. The highest BCUT2D eigenvalue weighted by Gasteiger charge is 2.23. The second-order valence-corrected chi connectivity index (χ2v) is 5.45. The average molecular weight is 318 g/mol. The van der Waals surface area contributed by atoms with Crippen LogP contribution in [0.25, 0.3) is 0 Å². The van der Waals surface area contributed by atoms with Crippen LogP contribution in [0.1, 0.15) is 12.8 Å². The van der Waals surface area contributed by atoms with Crippen LogP contribution >= 0.6 is 11.6 Å². The molecule has 0 spiro atoms. The maximum atomic E-state index is 12.0. The SMILES string of the molecule is O=C(Nc1ccc(Oc2ccccc2Cl)cc1)[C@@H]1CCCO1. The minimum atomic E-state index is -0.334. The zero-order chi connectivity index (χ0) is 15.4. The summed E-state index contributed by atoms with van der Waals surface area (Å²) in [5.74, 6) is 1.15. The summed E-state index contributed by atoms with van der Waals surface area (Å²) in [4.78, 5) is 12.0. The van der Waals surface area contributed by atoms with Gasteiger partial charge in [0.15, 0.2) is 0 Å². The second-order valence-electron chi connectivity index (χ2n) is 5.05. The smallest absolute Gasteiger partial charge is 0.253 e. The Bertz CT molecular complexity index is 651. The molecule has 0 bridgehead atoms. The van der Waals surface area contributed by atoms with Gasteiger partial charge in [-0.1, -0.05) is 23.7 Å². The zero-order valence-electron chi connectivity index (χ0n) is 11.9. The van der Waals surface area contributed by atoms with Crippen molar-refractivity contribution in [2.75, 3.05) is 11.9 Å². The topological polar surface area (TPSA) is 47.6 Å². The molecule has 0 aromatic heterocycles. The number of carbonyl (C=O) groups excluding carboxylic acids is 1. The van der Waals surface area contributed by atoms with E-state index in [9.17, 15) is 4.79 Å². The number of ether oxygens (including phenoxy) is 2. The Morgan fingerprint density at radius 3 is 2.64 bits per heavy atom. The summed E-state index contributed by atoms with van der Waals surface area (Å²) in [6, 6.07) is 14.4. The number of benzene rings is 2. The molecule has 1 aliphatic rings. The largest absolute Gasteiger partial charge is 0.456 e. The van der Waals surface area contributed by atoms with E-state index in [4.69, 9.17) is 21.1 Å². The zero-order valence-corrected chi connectivity index (χ0v) is 12.7. The first kappa shape index (κ1) is 14.9. The highest BCUT2D eigenvalue weighted by molar-refractivity contribution is 6.32. The van der Waals surface area contributed by atoms with Crippen molar-refractivity contribution in [1.29, 1.82) is 0 Å². The molecule has 4 nitrogen and oxygen atoms in total. The summed E-state index contributed by atoms with van der Waals surface area (Å²) in [5, 5.41) is 3.39. The van der Waals surface area contributed by atoms with Crippen molar-refractivity contribution in [2.45, 2.75) is 18.9 Å². The normalized spacial score (nSPS) is 17.2. The number of rotatable bonds is 4. The van der Waals surface area contributed by atoms with Crippen LogP contribution < -0.4 is 10.1 Å². The Balaban J connectivity index is 1.63. The van der Waals surface area contributed by atoms with E-state index in [0.29, 0.717) is 28.8 Å². The van der Waals surface area contributed by atoms with E-state index in [1.165, 1.54) is 0 Å². The first-order valence-corrected chi connectivity index (χ1v) is 7.55. The van der Waals surface area contributed by atoms with Crippen LogP contribution in [0, 0.1) is 0 Å². The van der Waals surface area contributed by atoms with E-state index >= 15 is 0 Å². The van der Waals surface area contributed by atoms with E-state index in [0.717, 1.165) is 12.8 Å². The van der Waals surface area contributed by atoms with E-state index in [1.807, 2.05) is 12.1 Å². The van der Waals surface area contributed by atoms with Crippen molar-refractivity contribution in [3.8, 4) is 11.5 Å². The molecule has 2 aromatic carbocycles. The number of hydrogen-bond donors (Lipinski definition) is 1. The van der Waals surface area contributed by atoms with Gasteiger partial charge in [-0.25, -0.2) is 0 Å². The molecule has 0 saturated carbocycles. The molecule has 5 heteroatoms. The lowest BCUT2D eigenvalue weighted by Crippen LogP contribution is -2.26. The highest BCUT2D eigenvalue weighted by atomic mass is 35.5. The number of amides is 1. The van der Waals surface area contributed by atoms with E-state index < -0.39 is 0 Å². The molecule has 1 fully saturated rings. The average Bonchev–Trinajstić information content (AvgIpc) is 3.06. The molecule has 1 aliphatic heterocycles. The Hall–Kier alpha value is -2.04. The maximum Gasteiger partial charge on any atom is 0.253 e. The van der Waals surface area contributed by atoms with Gasteiger partial charge < -0.3 is 14.8 Å². The molecule has 1 heterocycles. The molecule has 114 valence electrons. The first-order valence-electron chi connectivity index (χ1n) is 7.17. The predicted molar refractivity (Wildman–Crippen MR) is 85.6 cm³/mol. The lowest BCUT2D eigenvalue weighted by Gasteiger charge is -2.11. The van der Waals surface area contributed by atoms with Crippen LogP contribution in [0.3, 0.4) is 0 Å². The Labute approximate surface area is 134 Å². The van der Waals surface area contributed by atoms with Crippen LogP contribution in [0.15, 0.2) is 48.5 Å². The fourth-order valence-corrected chi connectivity index (χ4v) is 2.44. The van der Waals surface area contributed by atoms with Gasteiger partial charge in [0.2, 0.25) is 0 Å². The minimum absolute atomic E-state index is 0.0997. The van der Waals surface area contributed by atoms with Crippen LogP contribution in [0.4, 0.5) is 5.69 Å². The lowest BCUT2D eigenvalue weighted by atomic mass is 10.2. The molecule has 1 atom stereocenters. The molecule has 1 amide bonds. The van der Waals surface area contributed by atoms with Gasteiger partial charge in [-0.15, -0.1) is 0 Å². The van der Waals surface area contributed by atoms with Gasteiger partial charge in [0.25, 0.3) is 5.91 Å². The van der Waals surface area contributed by atoms with Crippen LogP contribution in [-0.4, -0.2) is 18.6 Å². The summed E-state index contributed by atoms with van der Waals surface area (Å²) in [6.45, 7) is 0.655. The van der Waals surface area contributed by atoms with E-state index in [2.05, 4.69) is 5.32 Å². The van der Waals surface area contributed by atoms with Crippen LogP contribution in [-0.2, 0) is 9.53 Å². The van der Waals surface area contributed by atoms with Crippen LogP contribution in [0.2, 0.25) is 5.02 Å². The summed E-state index contributed by atoms with van der Waals surface area (Å²) >= 11 is 6.05. The minimum Gasteiger partial charge on any atom is -0.456 e. The summed E-state index contributed by atoms with van der Waals surface area (Å²) in [5.41, 5.74) is 0.715. The van der Waals surface area contributed by atoms with Gasteiger partial charge in [0.1, 0.15) is 17.6 Å². The number of carbonyl (C=O) groups is 1. The molecule has 2 aromatic rings. The monoisotopic (exact) mass is 317 g/mol. The number of halogens is 1. The van der Waals surface area contributed by atoms with Crippen molar-refractivity contribution < 1.29 is 14.3 Å². The number of anilines is 1. The third-order valence-corrected chi connectivity index (χ3v) is 3.72. The van der Waals surface area contributed by atoms with Gasteiger partial charge in [0.05, 0.1) is 5.02 Å². The van der Waals surface area contributed by atoms with Crippen LogP contribution in [0.5, 0.6) is 11.5 Å². The molecule has 0 aliphatic carbocycles. The first-order chi connectivity index (χ1) is 10.7. The highest BCUT2D eigenvalue weighted by Crippen LogP contribution is 2.29. The molecule has 3 rings (SSSR count). The Morgan fingerprint density at radius 2 is 1.95 bits per heavy atom. The van der Waals surface area contributed by atoms with Crippen molar-refractivity contribution in [1.82, 2.24) is 0 Å². The van der Waals surface area contributed by atoms with Crippen molar-refractivity contribution >= 4 is 23.2 Å². The van der Waals surface area contributed by atoms with E-state index in [1.54, 1.807) is 36.4 Å². The van der Waals surface area contributed by atoms with Gasteiger partial charge in [-0.05, 0) is 49.2 Å². The number of para-hydroxylation sites is 1. The molecule has 0 unspecified atom stereocenters. The molecule has 0 radical (unpaired) electrons. The summed E-state index contributed by atoms with van der Waals surface area (Å²) in [6.07, 6.45) is 1.38.